The lowest BCUT2D eigenvalue weighted by atomic mass is 10.1. The smallest absolute Gasteiger partial charge is 0.231 e. The van der Waals surface area contributed by atoms with Gasteiger partial charge in [0.25, 0.3) is 0 Å². The highest BCUT2D eigenvalue weighted by atomic mass is 32.2. The van der Waals surface area contributed by atoms with Crippen LogP contribution in [0.2, 0.25) is 0 Å². The minimum Gasteiger partial charge on any atom is -0.329 e. The fourth-order valence-corrected chi connectivity index (χ4v) is 4.00. The zero-order valence-electron chi connectivity index (χ0n) is 11.7. The number of hydrogen-bond acceptors (Lipinski definition) is 3. The van der Waals surface area contributed by atoms with Gasteiger partial charge in [0, 0.05) is 22.4 Å². The van der Waals surface area contributed by atoms with Crippen LogP contribution in [0.25, 0.3) is 0 Å². The van der Waals surface area contributed by atoms with Gasteiger partial charge in [-0.25, -0.2) is 0 Å². The maximum atomic E-state index is 12.1. The summed E-state index contributed by atoms with van der Waals surface area (Å²) < 4.78 is 0. The number of carbonyl (C=O) groups excluding carboxylic acids is 1. The highest BCUT2D eigenvalue weighted by Crippen LogP contribution is 2.45. The molecule has 2 saturated carbocycles. The third-order valence-electron chi connectivity index (χ3n) is 4.44. The third kappa shape index (κ3) is 3.01. The van der Waals surface area contributed by atoms with Gasteiger partial charge in [0.05, 0.1) is 5.41 Å². The fourth-order valence-electron chi connectivity index (χ4n) is 2.75. The second kappa shape index (κ2) is 5.78. The van der Waals surface area contributed by atoms with E-state index in [4.69, 9.17) is 5.73 Å². The lowest BCUT2D eigenvalue weighted by molar-refractivity contribution is -0.120. The molecule has 0 unspecified atom stereocenters. The third-order valence-corrected chi connectivity index (χ3v) is 5.79. The van der Waals surface area contributed by atoms with Crippen molar-refractivity contribution in [3.8, 4) is 0 Å². The molecule has 0 saturated heterocycles. The van der Waals surface area contributed by atoms with Gasteiger partial charge in [-0.05, 0) is 49.9 Å². The van der Waals surface area contributed by atoms with Gasteiger partial charge in [-0.2, -0.15) is 0 Å². The number of nitrogens with two attached hydrogens (primary N) is 1. The van der Waals surface area contributed by atoms with E-state index < -0.39 is 0 Å². The number of thioether (sulfide) groups is 1. The summed E-state index contributed by atoms with van der Waals surface area (Å²) >= 11 is 1.97. The van der Waals surface area contributed by atoms with Crippen molar-refractivity contribution < 1.29 is 4.79 Å². The summed E-state index contributed by atoms with van der Waals surface area (Å²) in [6, 6.07) is 8.23. The quantitative estimate of drug-likeness (QED) is 0.874. The molecular formula is C16H22N2OS. The van der Waals surface area contributed by atoms with E-state index in [0.29, 0.717) is 6.54 Å². The molecule has 0 spiro atoms. The van der Waals surface area contributed by atoms with Crippen molar-refractivity contribution >= 4 is 23.4 Å². The Morgan fingerprint density at radius 3 is 2.45 bits per heavy atom. The minimum absolute atomic E-state index is 0.0798. The van der Waals surface area contributed by atoms with E-state index >= 15 is 0 Å². The predicted molar refractivity (Wildman–Crippen MR) is 83.9 cm³/mol. The molecule has 2 aliphatic carbocycles. The SMILES string of the molecule is NCC1(C(=O)Nc2ccc(SC3CCCC3)cc2)CC1. The highest BCUT2D eigenvalue weighted by Gasteiger charge is 2.48. The molecule has 108 valence electrons. The topological polar surface area (TPSA) is 55.1 Å². The molecule has 1 aromatic carbocycles. The molecule has 3 rings (SSSR count). The minimum atomic E-state index is -0.280. The van der Waals surface area contributed by atoms with Crippen molar-refractivity contribution in [2.45, 2.75) is 48.7 Å². The van der Waals surface area contributed by atoms with Gasteiger partial charge in [-0.1, -0.05) is 12.8 Å². The van der Waals surface area contributed by atoms with Gasteiger partial charge in [-0.15, -0.1) is 11.8 Å². The Bertz CT molecular complexity index is 476. The largest absolute Gasteiger partial charge is 0.329 e. The van der Waals surface area contributed by atoms with Crippen LogP contribution >= 0.6 is 11.8 Å². The van der Waals surface area contributed by atoms with Crippen molar-refractivity contribution in [1.82, 2.24) is 0 Å². The summed E-state index contributed by atoms with van der Waals surface area (Å²) in [5, 5.41) is 3.77. The predicted octanol–water partition coefficient (Wildman–Crippen LogP) is 3.40. The number of rotatable bonds is 5. The van der Waals surface area contributed by atoms with Crippen molar-refractivity contribution in [3.05, 3.63) is 24.3 Å². The number of nitrogens with one attached hydrogen (secondary N) is 1. The molecule has 3 nitrogen and oxygen atoms in total. The fraction of sp³-hybridized carbons (Fsp3) is 0.562. The van der Waals surface area contributed by atoms with Crippen LogP contribution in [0.1, 0.15) is 38.5 Å². The maximum absolute atomic E-state index is 12.1. The summed E-state index contributed by atoms with van der Waals surface area (Å²) in [5.74, 6) is 0.0798. The Morgan fingerprint density at radius 1 is 1.25 bits per heavy atom. The first-order chi connectivity index (χ1) is 9.72. The molecule has 0 radical (unpaired) electrons. The monoisotopic (exact) mass is 290 g/mol. The summed E-state index contributed by atoms with van der Waals surface area (Å²) in [7, 11) is 0. The van der Waals surface area contributed by atoms with Crippen LogP contribution in [0.5, 0.6) is 0 Å². The Hall–Kier alpha value is -1.00. The molecule has 0 aromatic heterocycles. The first-order valence-electron chi connectivity index (χ1n) is 7.50. The van der Waals surface area contributed by atoms with Crippen LogP contribution in [0, 0.1) is 5.41 Å². The van der Waals surface area contributed by atoms with Crippen LogP contribution in [-0.4, -0.2) is 17.7 Å². The van der Waals surface area contributed by atoms with Crippen LogP contribution in [0.3, 0.4) is 0 Å². The number of carbonyl (C=O) groups is 1. The van der Waals surface area contributed by atoms with Gasteiger partial charge < -0.3 is 11.1 Å². The molecule has 0 aliphatic heterocycles. The van der Waals surface area contributed by atoms with Crippen molar-refractivity contribution in [3.63, 3.8) is 0 Å². The van der Waals surface area contributed by atoms with Gasteiger partial charge in [0.1, 0.15) is 0 Å². The van der Waals surface area contributed by atoms with Gasteiger partial charge in [0.15, 0.2) is 0 Å². The molecule has 4 heteroatoms. The highest BCUT2D eigenvalue weighted by molar-refractivity contribution is 8.00. The Morgan fingerprint density at radius 2 is 1.90 bits per heavy atom. The van der Waals surface area contributed by atoms with E-state index in [1.165, 1.54) is 30.6 Å². The summed E-state index contributed by atoms with van der Waals surface area (Å²) in [4.78, 5) is 13.4. The van der Waals surface area contributed by atoms with Crippen molar-refractivity contribution in [2.24, 2.45) is 11.1 Å². The van der Waals surface area contributed by atoms with E-state index in [-0.39, 0.29) is 11.3 Å². The van der Waals surface area contributed by atoms with Crippen LogP contribution in [-0.2, 0) is 4.79 Å². The molecule has 3 N–H and O–H groups in total. The zero-order chi connectivity index (χ0) is 14.0. The molecular weight excluding hydrogens is 268 g/mol. The molecule has 2 fully saturated rings. The summed E-state index contributed by atoms with van der Waals surface area (Å²) in [6.45, 7) is 0.453. The summed E-state index contributed by atoms with van der Waals surface area (Å²) in [5.41, 5.74) is 6.27. The second-order valence-corrected chi connectivity index (χ2v) is 7.36. The standard InChI is InChI=1S/C16H22N2OS/c17-11-16(9-10-16)15(19)18-12-5-7-14(8-6-12)20-13-3-1-2-4-13/h5-8,13H,1-4,9-11,17H2,(H,18,19). The average molecular weight is 290 g/mol. The molecule has 0 bridgehead atoms. The number of amides is 1. The second-order valence-electron chi connectivity index (χ2n) is 5.99. The van der Waals surface area contributed by atoms with Gasteiger partial charge in [0.2, 0.25) is 5.91 Å². The molecule has 0 atom stereocenters. The average Bonchev–Trinajstić information content (AvgIpc) is 3.12. The molecule has 1 amide bonds. The van der Waals surface area contributed by atoms with E-state index in [2.05, 4.69) is 17.4 Å². The van der Waals surface area contributed by atoms with E-state index in [9.17, 15) is 4.79 Å². The van der Waals surface area contributed by atoms with Crippen LogP contribution < -0.4 is 11.1 Å². The number of hydrogen-bond donors (Lipinski definition) is 2. The van der Waals surface area contributed by atoms with E-state index in [0.717, 1.165) is 23.8 Å². The molecule has 2 aliphatic rings. The van der Waals surface area contributed by atoms with Gasteiger partial charge >= 0.3 is 0 Å². The normalized spacial score (nSPS) is 20.9. The molecule has 0 heterocycles. The summed E-state index contributed by atoms with van der Waals surface area (Å²) in [6.07, 6.45) is 7.25. The Balaban J connectivity index is 1.57. The zero-order valence-corrected chi connectivity index (χ0v) is 12.5. The first kappa shape index (κ1) is 14.0. The Kier molecular flexibility index (Phi) is 4.03. The van der Waals surface area contributed by atoms with E-state index in [1.807, 2.05) is 23.9 Å². The van der Waals surface area contributed by atoms with Gasteiger partial charge in [-0.3, -0.25) is 4.79 Å². The van der Waals surface area contributed by atoms with Crippen LogP contribution in [0.15, 0.2) is 29.2 Å². The van der Waals surface area contributed by atoms with Crippen molar-refractivity contribution in [1.29, 1.82) is 0 Å². The number of anilines is 1. The van der Waals surface area contributed by atoms with Crippen molar-refractivity contribution in [2.75, 3.05) is 11.9 Å². The molecule has 20 heavy (non-hydrogen) atoms. The maximum Gasteiger partial charge on any atom is 0.231 e. The van der Waals surface area contributed by atoms with E-state index in [1.54, 1.807) is 0 Å². The van der Waals surface area contributed by atoms with Crippen LogP contribution in [0.4, 0.5) is 5.69 Å². The Labute approximate surface area is 124 Å². The lowest BCUT2D eigenvalue weighted by Gasteiger charge is -2.13. The first-order valence-corrected chi connectivity index (χ1v) is 8.38. The lowest BCUT2D eigenvalue weighted by Crippen LogP contribution is -2.30. The molecule has 1 aromatic rings. The number of benzene rings is 1.